The molecule has 0 N–H and O–H groups in total. The number of carbonyl (C=O) groups is 1. The highest BCUT2D eigenvalue weighted by Crippen LogP contribution is 2.12. The fourth-order valence-corrected chi connectivity index (χ4v) is 2.88. The van der Waals surface area contributed by atoms with E-state index in [1.807, 2.05) is 12.5 Å². The number of rotatable bonds is 5. The Hall–Kier alpha value is -2.21. The molecule has 2 heterocycles. The maximum absolute atomic E-state index is 13.7. The van der Waals surface area contributed by atoms with Crippen LogP contribution in [-0.4, -0.2) is 58.0 Å². The van der Waals surface area contributed by atoms with Crippen molar-refractivity contribution in [1.29, 1.82) is 0 Å². The summed E-state index contributed by atoms with van der Waals surface area (Å²) in [7, 11) is 0. The lowest BCUT2D eigenvalue weighted by atomic mass is 10.1. The first-order valence-electron chi connectivity index (χ1n) is 7.96. The van der Waals surface area contributed by atoms with Gasteiger partial charge in [-0.1, -0.05) is 12.1 Å². The molecule has 0 unspecified atom stereocenters. The fraction of sp³-hybridized carbons (Fsp3) is 0.412. The Morgan fingerprint density at radius 1 is 1.13 bits per heavy atom. The number of nitrogens with zero attached hydrogens (tertiary/aromatic N) is 4. The predicted molar refractivity (Wildman–Crippen MR) is 85.6 cm³/mol. The van der Waals surface area contributed by atoms with Crippen molar-refractivity contribution in [2.45, 2.75) is 13.0 Å². The molecule has 0 saturated carbocycles. The minimum Gasteiger partial charge on any atom is -0.337 e. The number of benzene rings is 1. The Bertz CT molecular complexity index is 636. The van der Waals surface area contributed by atoms with Crippen molar-refractivity contribution in [3.8, 4) is 0 Å². The zero-order chi connectivity index (χ0) is 16.1. The second-order valence-electron chi connectivity index (χ2n) is 5.77. The van der Waals surface area contributed by atoms with Gasteiger partial charge in [0.15, 0.2) is 0 Å². The van der Waals surface area contributed by atoms with Crippen molar-refractivity contribution in [3.05, 3.63) is 54.4 Å². The molecule has 2 aromatic rings. The smallest absolute Gasteiger partial charge is 0.256 e. The van der Waals surface area contributed by atoms with Gasteiger partial charge in [0.25, 0.3) is 5.91 Å². The van der Waals surface area contributed by atoms with Crippen molar-refractivity contribution in [2.24, 2.45) is 0 Å². The van der Waals surface area contributed by atoms with Crippen LogP contribution >= 0.6 is 0 Å². The number of aromatic nitrogens is 2. The van der Waals surface area contributed by atoms with Gasteiger partial charge < -0.3 is 9.47 Å². The molecule has 0 spiro atoms. The molecule has 5 nitrogen and oxygen atoms in total. The van der Waals surface area contributed by atoms with Crippen molar-refractivity contribution in [3.63, 3.8) is 0 Å². The van der Waals surface area contributed by atoms with Crippen LogP contribution in [0.3, 0.4) is 0 Å². The Labute approximate surface area is 135 Å². The lowest BCUT2D eigenvalue weighted by Gasteiger charge is -2.34. The average molecular weight is 316 g/mol. The molecule has 0 radical (unpaired) electrons. The van der Waals surface area contributed by atoms with Crippen molar-refractivity contribution >= 4 is 5.91 Å². The largest absolute Gasteiger partial charge is 0.337 e. The highest BCUT2D eigenvalue weighted by Gasteiger charge is 2.23. The molecule has 3 rings (SSSR count). The molecule has 0 atom stereocenters. The van der Waals surface area contributed by atoms with Crippen LogP contribution in [0, 0.1) is 5.82 Å². The first-order valence-corrected chi connectivity index (χ1v) is 7.96. The second-order valence-corrected chi connectivity index (χ2v) is 5.77. The standard InChI is InChI=1S/C17H21FN4O/c18-16-5-2-1-4-15(16)17(23)22-12-10-20(11-13-22)7-3-8-21-9-6-19-14-21/h1-2,4-6,9,14H,3,7-8,10-13H2. The van der Waals surface area contributed by atoms with Crippen LogP contribution in [0.4, 0.5) is 4.39 Å². The SMILES string of the molecule is O=C(c1ccccc1F)N1CCN(CCCn2ccnc2)CC1. The molecule has 0 bridgehead atoms. The van der Waals surface area contributed by atoms with Gasteiger partial charge in [-0.2, -0.15) is 0 Å². The average Bonchev–Trinajstić information content (AvgIpc) is 3.09. The third-order valence-electron chi connectivity index (χ3n) is 4.21. The molecular formula is C17H21FN4O. The minimum absolute atomic E-state index is 0.168. The number of amides is 1. The molecule has 1 aromatic heterocycles. The minimum atomic E-state index is -0.444. The monoisotopic (exact) mass is 316 g/mol. The lowest BCUT2D eigenvalue weighted by molar-refractivity contribution is 0.0630. The predicted octanol–water partition coefficient (Wildman–Crippen LogP) is 1.87. The van der Waals surface area contributed by atoms with Crippen LogP contribution in [0.25, 0.3) is 0 Å². The Balaban J connectivity index is 1.45. The molecule has 1 aliphatic rings. The summed E-state index contributed by atoms with van der Waals surface area (Å²) in [4.78, 5) is 20.5. The number of hydrogen-bond donors (Lipinski definition) is 0. The first kappa shape index (κ1) is 15.7. The number of imidazole rings is 1. The van der Waals surface area contributed by atoms with Crippen LogP contribution in [-0.2, 0) is 6.54 Å². The number of hydrogen-bond acceptors (Lipinski definition) is 3. The highest BCUT2D eigenvalue weighted by atomic mass is 19.1. The van der Waals surface area contributed by atoms with Crippen LogP contribution in [0.5, 0.6) is 0 Å². The van der Waals surface area contributed by atoms with Gasteiger partial charge >= 0.3 is 0 Å². The van der Waals surface area contributed by atoms with Gasteiger partial charge in [-0.25, -0.2) is 9.37 Å². The summed E-state index contributed by atoms with van der Waals surface area (Å²) in [6.45, 7) is 4.93. The third-order valence-corrected chi connectivity index (χ3v) is 4.21. The quantitative estimate of drug-likeness (QED) is 0.845. The molecule has 122 valence electrons. The maximum atomic E-state index is 13.7. The van der Waals surface area contributed by atoms with Gasteiger partial charge in [-0.15, -0.1) is 0 Å². The van der Waals surface area contributed by atoms with E-state index in [0.717, 1.165) is 32.6 Å². The number of carbonyl (C=O) groups excluding carboxylic acids is 1. The Morgan fingerprint density at radius 3 is 2.61 bits per heavy atom. The van der Waals surface area contributed by atoms with Gasteiger partial charge in [0.2, 0.25) is 0 Å². The normalized spacial score (nSPS) is 15.8. The summed E-state index contributed by atoms with van der Waals surface area (Å²) in [5.41, 5.74) is 0.168. The second kappa shape index (κ2) is 7.37. The van der Waals surface area contributed by atoms with Gasteiger partial charge in [-0.3, -0.25) is 9.69 Å². The van der Waals surface area contributed by atoms with Crippen LogP contribution in [0.2, 0.25) is 0 Å². The van der Waals surface area contributed by atoms with Gasteiger partial charge in [0.05, 0.1) is 11.9 Å². The van der Waals surface area contributed by atoms with Gasteiger partial charge in [-0.05, 0) is 25.1 Å². The Morgan fingerprint density at radius 2 is 1.91 bits per heavy atom. The van der Waals surface area contributed by atoms with Crippen molar-refractivity contribution in [1.82, 2.24) is 19.4 Å². The van der Waals surface area contributed by atoms with Crippen molar-refractivity contribution in [2.75, 3.05) is 32.7 Å². The summed E-state index contributed by atoms with van der Waals surface area (Å²) in [6.07, 6.45) is 6.63. The topological polar surface area (TPSA) is 41.4 Å². The van der Waals surface area contributed by atoms with E-state index >= 15 is 0 Å². The highest BCUT2D eigenvalue weighted by molar-refractivity contribution is 5.94. The number of halogens is 1. The van der Waals surface area contributed by atoms with E-state index in [1.54, 1.807) is 29.3 Å². The molecule has 1 fully saturated rings. The van der Waals surface area contributed by atoms with E-state index < -0.39 is 5.82 Å². The van der Waals surface area contributed by atoms with E-state index in [2.05, 4.69) is 14.5 Å². The molecule has 1 saturated heterocycles. The van der Waals surface area contributed by atoms with Gasteiger partial charge in [0.1, 0.15) is 5.82 Å². The van der Waals surface area contributed by atoms with E-state index in [1.165, 1.54) is 6.07 Å². The van der Waals surface area contributed by atoms with E-state index in [0.29, 0.717) is 13.1 Å². The van der Waals surface area contributed by atoms with Crippen LogP contribution < -0.4 is 0 Å². The van der Waals surface area contributed by atoms with E-state index in [9.17, 15) is 9.18 Å². The van der Waals surface area contributed by atoms with Crippen molar-refractivity contribution < 1.29 is 9.18 Å². The van der Waals surface area contributed by atoms with Crippen LogP contribution in [0.1, 0.15) is 16.8 Å². The molecule has 1 amide bonds. The summed E-state index contributed by atoms with van der Waals surface area (Å²) in [5, 5.41) is 0. The maximum Gasteiger partial charge on any atom is 0.256 e. The zero-order valence-electron chi connectivity index (χ0n) is 13.1. The van der Waals surface area contributed by atoms with Crippen LogP contribution in [0.15, 0.2) is 43.0 Å². The summed E-state index contributed by atoms with van der Waals surface area (Å²) < 4.78 is 15.8. The van der Waals surface area contributed by atoms with E-state index in [-0.39, 0.29) is 11.5 Å². The molecule has 0 aliphatic carbocycles. The Kier molecular flexibility index (Phi) is 5.02. The van der Waals surface area contributed by atoms with E-state index in [4.69, 9.17) is 0 Å². The van der Waals surface area contributed by atoms with Gasteiger partial charge in [0, 0.05) is 45.1 Å². The molecule has 6 heteroatoms. The summed E-state index contributed by atoms with van der Waals surface area (Å²) in [5.74, 6) is -0.651. The fourth-order valence-electron chi connectivity index (χ4n) is 2.88. The third kappa shape index (κ3) is 3.96. The number of aryl methyl sites for hydroxylation is 1. The summed E-state index contributed by atoms with van der Waals surface area (Å²) in [6, 6.07) is 6.18. The first-order chi connectivity index (χ1) is 11.2. The number of piperazine rings is 1. The molecular weight excluding hydrogens is 295 g/mol. The lowest BCUT2D eigenvalue weighted by Crippen LogP contribution is -2.49. The molecule has 23 heavy (non-hydrogen) atoms. The zero-order valence-corrected chi connectivity index (χ0v) is 13.1. The summed E-state index contributed by atoms with van der Waals surface area (Å²) >= 11 is 0. The molecule has 1 aliphatic heterocycles. The molecule has 1 aromatic carbocycles.